The number of aliphatic hydroxyl groups is 1. The third-order valence-electron chi connectivity index (χ3n) is 1.64. The Balaban J connectivity index is 2.80. The first kappa shape index (κ1) is 9.09. The van der Waals surface area contributed by atoms with Gasteiger partial charge in [-0.2, -0.15) is 0 Å². The van der Waals surface area contributed by atoms with Crippen molar-refractivity contribution in [2.45, 2.75) is 6.04 Å². The van der Waals surface area contributed by atoms with Crippen LogP contribution in [0, 0.1) is 5.82 Å². The van der Waals surface area contributed by atoms with Gasteiger partial charge < -0.3 is 10.4 Å². The molecule has 2 N–H and O–H groups in total. The molecule has 1 aromatic rings. The summed E-state index contributed by atoms with van der Waals surface area (Å²) in [6, 6.07) is 2.65. The standard InChI is InChI=1S/C8H11FN2O/c1-10-8(5-12)7-3-2-6(9)4-11-7/h2-4,8,10,12H,5H2,1H3/t8-/m1/s1. The van der Waals surface area contributed by atoms with Gasteiger partial charge in [-0.1, -0.05) is 0 Å². The van der Waals surface area contributed by atoms with E-state index in [0.717, 1.165) is 6.20 Å². The Hall–Kier alpha value is -1.00. The summed E-state index contributed by atoms with van der Waals surface area (Å²) in [4.78, 5) is 3.82. The zero-order chi connectivity index (χ0) is 8.97. The lowest BCUT2D eigenvalue weighted by molar-refractivity contribution is 0.248. The fraction of sp³-hybridized carbons (Fsp3) is 0.375. The number of pyridine rings is 1. The second-order valence-corrected chi connectivity index (χ2v) is 2.43. The number of nitrogens with one attached hydrogen (secondary N) is 1. The Kier molecular flexibility index (Phi) is 3.13. The number of hydrogen-bond acceptors (Lipinski definition) is 3. The minimum Gasteiger partial charge on any atom is -0.394 e. The van der Waals surface area contributed by atoms with E-state index in [4.69, 9.17) is 5.11 Å². The predicted molar refractivity (Wildman–Crippen MR) is 43.1 cm³/mol. The number of halogens is 1. The normalized spacial score (nSPS) is 12.9. The average Bonchev–Trinajstić information content (AvgIpc) is 2.10. The number of nitrogens with zero attached hydrogens (tertiary/aromatic N) is 1. The molecule has 0 bridgehead atoms. The second-order valence-electron chi connectivity index (χ2n) is 2.43. The zero-order valence-electron chi connectivity index (χ0n) is 6.79. The molecule has 1 aromatic heterocycles. The zero-order valence-corrected chi connectivity index (χ0v) is 6.79. The molecule has 0 aliphatic heterocycles. The van der Waals surface area contributed by atoms with Crippen molar-refractivity contribution < 1.29 is 9.50 Å². The smallest absolute Gasteiger partial charge is 0.141 e. The van der Waals surface area contributed by atoms with Crippen LogP contribution in [0.25, 0.3) is 0 Å². The summed E-state index contributed by atoms with van der Waals surface area (Å²) >= 11 is 0. The summed E-state index contributed by atoms with van der Waals surface area (Å²) in [5.41, 5.74) is 0.640. The van der Waals surface area contributed by atoms with Crippen LogP contribution in [0.2, 0.25) is 0 Å². The van der Waals surface area contributed by atoms with E-state index in [2.05, 4.69) is 10.3 Å². The van der Waals surface area contributed by atoms with Crippen LogP contribution in [0.15, 0.2) is 18.3 Å². The lowest BCUT2D eigenvalue weighted by Gasteiger charge is -2.11. The van der Waals surface area contributed by atoms with Crippen molar-refractivity contribution in [1.82, 2.24) is 10.3 Å². The molecule has 0 saturated carbocycles. The van der Waals surface area contributed by atoms with Gasteiger partial charge in [0.1, 0.15) is 5.82 Å². The molecule has 0 fully saturated rings. The Bertz CT molecular complexity index is 233. The van der Waals surface area contributed by atoms with Gasteiger partial charge >= 0.3 is 0 Å². The van der Waals surface area contributed by atoms with Crippen LogP contribution >= 0.6 is 0 Å². The van der Waals surface area contributed by atoms with Crippen LogP contribution < -0.4 is 5.32 Å². The van der Waals surface area contributed by atoms with Gasteiger partial charge in [0.25, 0.3) is 0 Å². The monoisotopic (exact) mass is 170 g/mol. The van der Waals surface area contributed by atoms with E-state index in [1.807, 2.05) is 0 Å². The Morgan fingerprint density at radius 1 is 1.67 bits per heavy atom. The van der Waals surface area contributed by atoms with Gasteiger partial charge in [-0.15, -0.1) is 0 Å². The molecule has 1 heterocycles. The highest BCUT2D eigenvalue weighted by molar-refractivity contribution is 5.09. The van der Waals surface area contributed by atoms with E-state index in [-0.39, 0.29) is 18.5 Å². The van der Waals surface area contributed by atoms with E-state index in [9.17, 15) is 4.39 Å². The van der Waals surface area contributed by atoms with Gasteiger partial charge in [0, 0.05) is 0 Å². The van der Waals surface area contributed by atoms with Crippen LogP contribution in [0.3, 0.4) is 0 Å². The van der Waals surface area contributed by atoms with Crippen molar-refractivity contribution >= 4 is 0 Å². The molecular weight excluding hydrogens is 159 g/mol. The molecule has 66 valence electrons. The fourth-order valence-corrected chi connectivity index (χ4v) is 0.926. The summed E-state index contributed by atoms with van der Waals surface area (Å²) in [6.45, 7) is -0.0465. The van der Waals surface area contributed by atoms with Crippen molar-refractivity contribution in [3.8, 4) is 0 Å². The predicted octanol–water partition coefficient (Wildman–Crippen LogP) is 0.474. The van der Waals surface area contributed by atoms with Gasteiger partial charge in [0.15, 0.2) is 0 Å². The fourth-order valence-electron chi connectivity index (χ4n) is 0.926. The summed E-state index contributed by atoms with van der Waals surface area (Å²) in [5.74, 6) is -0.369. The third kappa shape index (κ3) is 1.99. The van der Waals surface area contributed by atoms with Crippen molar-refractivity contribution in [3.05, 3.63) is 29.8 Å². The van der Waals surface area contributed by atoms with Crippen LogP contribution in [-0.2, 0) is 0 Å². The van der Waals surface area contributed by atoms with Crippen LogP contribution in [0.1, 0.15) is 11.7 Å². The molecule has 1 rings (SSSR count). The number of aliphatic hydroxyl groups excluding tert-OH is 1. The number of rotatable bonds is 3. The molecular formula is C8H11FN2O. The molecule has 12 heavy (non-hydrogen) atoms. The molecule has 0 amide bonds. The average molecular weight is 170 g/mol. The topological polar surface area (TPSA) is 45.1 Å². The summed E-state index contributed by atoms with van der Waals surface area (Å²) in [5, 5.41) is 11.7. The second kappa shape index (κ2) is 4.13. The molecule has 0 spiro atoms. The highest BCUT2D eigenvalue weighted by atomic mass is 19.1. The van der Waals surface area contributed by atoms with Crippen LogP contribution in [0.4, 0.5) is 4.39 Å². The highest BCUT2D eigenvalue weighted by Gasteiger charge is 2.07. The van der Waals surface area contributed by atoms with Crippen molar-refractivity contribution in [3.63, 3.8) is 0 Å². The minimum atomic E-state index is -0.369. The van der Waals surface area contributed by atoms with Crippen molar-refractivity contribution in [2.75, 3.05) is 13.7 Å². The lowest BCUT2D eigenvalue weighted by atomic mass is 10.2. The van der Waals surface area contributed by atoms with Gasteiger partial charge in [0.05, 0.1) is 24.5 Å². The summed E-state index contributed by atoms with van der Waals surface area (Å²) < 4.78 is 12.4. The maximum atomic E-state index is 12.4. The molecule has 3 nitrogen and oxygen atoms in total. The molecule has 0 saturated heterocycles. The van der Waals surface area contributed by atoms with Gasteiger partial charge in [-0.3, -0.25) is 4.98 Å². The molecule has 0 radical (unpaired) electrons. The van der Waals surface area contributed by atoms with E-state index < -0.39 is 0 Å². The number of likely N-dealkylation sites (N-methyl/N-ethyl adjacent to an activating group) is 1. The van der Waals surface area contributed by atoms with Crippen LogP contribution in [-0.4, -0.2) is 23.7 Å². The molecule has 0 unspecified atom stereocenters. The minimum absolute atomic E-state index is 0.0465. The van der Waals surface area contributed by atoms with Gasteiger partial charge in [-0.05, 0) is 19.2 Å². The third-order valence-corrected chi connectivity index (χ3v) is 1.64. The summed E-state index contributed by atoms with van der Waals surface area (Å²) in [7, 11) is 1.71. The van der Waals surface area contributed by atoms with E-state index in [1.165, 1.54) is 6.07 Å². The van der Waals surface area contributed by atoms with Crippen molar-refractivity contribution in [2.24, 2.45) is 0 Å². The van der Waals surface area contributed by atoms with Gasteiger partial charge in [0.2, 0.25) is 0 Å². The van der Waals surface area contributed by atoms with Gasteiger partial charge in [-0.25, -0.2) is 4.39 Å². The number of aromatic nitrogens is 1. The Labute approximate surface area is 70.3 Å². The highest BCUT2D eigenvalue weighted by Crippen LogP contribution is 2.08. The molecule has 4 heteroatoms. The maximum absolute atomic E-state index is 12.4. The largest absolute Gasteiger partial charge is 0.394 e. The first-order valence-electron chi connectivity index (χ1n) is 3.67. The quantitative estimate of drug-likeness (QED) is 0.693. The SMILES string of the molecule is CN[C@H](CO)c1ccc(F)cn1. The summed E-state index contributed by atoms with van der Waals surface area (Å²) in [6.07, 6.45) is 1.13. The first-order valence-corrected chi connectivity index (χ1v) is 3.67. The molecule has 0 aliphatic carbocycles. The van der Waals surface area contributed by atoms with E-state index in [1.54, 1.807) is 13.1 Å². The lowest BCUT2D eigenvalue weighted by Crippen LogP contribution is -2.20. The Morgan fingerprint density at radius 3 is 2.83 bits per heavy atom. The maximum Gasteiger partial charge on any atom is 0.141 e. The van der Waals surface area contributed by atoms with E-state index in [0.29, 0.717) is 5.69 Å². The Morgan fingerprint density at radius 2 is 2.42 bits per heavy atom. The van der Waals surface area contributed by atoms with Crippen LogP contribution in [0.5, 0.6) is 0 Å². The first-order chi connectivity index (χ1) is 5.77. The number of hydrogen-bond donors (Lipinski definition) is 2. The molecule has 0 aliphatic rings. The molecule has 0 aromatic carbocycles. The van der Waals surface area contributed by atoms with E-state index >= 15 is 0 Å². The van der Waals surface area contributed by atoms with Crippen molar-refractivity contribution in [1.29, 1.82) is 0 Å². The molecule has 1 atom stereocenters.